The number of rotatable bonds is 8. The van der Waals surface area contributed by atoms with Crippen LogP contribution in [0.5, 0.6) is 11.5 Å². The third-order valence-corrected chi connectivity index (χ3v) is 4.29. The van der Waals surface area contributed by atoms with E-state index in [1.54, 1.807) is 39.0 Å². The molecule has 0 aliphatic heterocycles. The monoisotopic (exact) mass is 419 g/mol. The molecule has 30 heavy (non-hydrogen) atoms. The number of methoxy groups -OCH3 is 2. The predicted molar refractivity (Wildman–Crippen MR) is 112 cm³/mol. The Morgan fingerprint density at radius 1 is 1.03 bits per heavy atom. The highest BCUT2D eigenvalue weighted by molar-refractivity contribution is 5.98. The first-order valence-electron chi connectivity index (χ1n) is 9.02. The minimum absolute atomic E-state index is 0.0150. The molecule has 1 atom stereocenters. The molecular weight excluding hydrogens is 393 g/mol. The van der Waals surface area contributed by atoms with Gasteiger partial charge in [0.25, 0.3) is 5.91 Å². The predicted octanol–water partition coefficient (Wildman–Crippen LogP) is 2.39. The van der Waals surface area contributed by atoms with Crippen molar-refractivity contribution >= 4 is 29.1 Å². The normalized spacial score (nSPS) is 12.1. The van der Waals surface area contributed by atoms with Gasteiger partial charge in [-0.25, -0.2) is 9.37 Å². The first kappa shape index (κ1) is 22.7. The topological polar surface area (TPSA) is 142 Å². The summed E-state index contributed by atoms with van der Waals surface area (Å²) in [7, 11) is 2.98. The minimum Gasteiger partial charge on any atom is -0.497 e. The summed E-state index contributed by atoms with van der Waals surface area (Å²) in [6.07, 6.45) is 0. The minimum atomic E-state index is -0.913. The Labute approximate surface area is 173 Å². The lowest BCUT2D eigenvalue weighted by atomic mass is 9.86. The number of benzene rings is 1. The SMILES string of the molecule is COc1cc(Nc2nc(N[C@@H](C(N)=O)C(C)(C)C)c(F)cc2C(N)=O)cc(OC)c1. The number of pyridine rings is 1. The Bertz CT molecular complexity index is 937. The van der Waals surface area contributed by atoms with Gasteiger partial charge < -0.3 is 31.6 Å². The third-order valence-electron chi connectivity index (χ3n) is 4.29. The van der Waals surface area contributed by atoms with Gasteiger partial charge in [-0.15, -0.1) is 0 Å². The number of nitrogens with one attached hydrogen (secondary N) is 2. The van der Waals surface area contributed by atoms with Crippen molar-refractivity contribution in [3.8, 4) is 11.5 Å². The van der Waals surface area contributed by atoms with E-state index in [-0.39, 0.29) is 17.2 Å². The van der Waals surface area contributed by atoms with Crippen LogP contribution in [0, 0.1) is 11.2 Å². The summed E-state index contributed by atoms with van der Waals surface area (Å²) >= 11 is 0. The highest BCUT2D eigenvalue weighted by Gasteiger charge is 2.31. The Balaban J connectivity index is 2.52. The lowest BCUT2D eigenvalue weighted by Crippen LogP contribution is -2.45. The van der Waals surface area contributed by atoms with Crippen molar-refractivity contribution < 1.29 is 23.5 Å². The van der Waals surface area contributed by atoms with E-state index in [1.807, 2.05) is 0 Å². The van der Waals surface area contributed by atoms with Gasteiger partial charge >= 0.3 is 0 Å². The number of primary amides is 2. The van der Waals surface area contributed by atoms with Gasteiger partial charge in [0.15, 0.2) is 11.6 Å². The van der Waals surface area contributed by atoms with E-state index < -0.39 is 29.1 Å². The smallest absolute Gasteiger partial charge is 0.252 e. The fourth-order valence-corrected chi connectivity index (χ4v) is 2.74. The number of hydrogen-bond acceptors (Lipinski definition) is 7. The molecule has 0 aliphatic carbocycles. The number of hydrogen-bond donors (Lipinski definition) is 4. The number of ether oxygens (including phenoxy) is 2. The molecule has 9 nitrogen and oxygen atoms in total. The van der Waals surface area contributed by atoms with Gasteiger partial charge in [0.05, 0.1) is 19.8 Å². The second-order valence-corrected chi connectivity index (χ2v) is 7.65. The number of amides is 2. The van der Waals surface area contributed by atoms with Gasteiger partial charge in [0.1, 0.15) is 23.4 Å². The molecule has 0 bridgehead atoms. The standard InChI is InChI=1S/C20H26FN5O4/c1-20(2,3)15(17(23)28)25-19-14(21)9-13(16(22)27)18(26-19)24-10-6-11(29-4)8-12(7-10)30-5/h6-9,15H,1-5H3,(H2,22,27)(H2,23,28)(H2,24,25,26)/t15-/m0/s1. The maximum atomic E-state index is 14.6. The molecule has 0 unspecified atom stereocenters. The maximum absolute atomic E-state index is 14.6. The molecule has 0 saturated carbocycles. The highest BCUT2D eigenvalue weighted by atomic mass is 19.1. The summed E-state index contributed by atoms with van der Waals surface area (Å²) in [4.78, 5) is 27.8. The summed E-state index contributed by atoms with van der Waals surface area (Å²) < 4.78 is 25.1. The van der Waals surface area contributed by atoms with Crippen LogP contribution in [0.2, 0.25) is 0 Å². The molecule has 162 valence electrons. The van der Waals surface area contributed by atoms with E-state index in [0.717, 1.165) is 6.07 Å². The zero-order valence-corrected chi connectivity index (χ0v) is 17.5. The highest BCUT2D eigenvalue weighted by Crippen LogP contribution is 2.31. The first-order chi connectivity index (χ1) is 14.0. The summed E-state index contributed by atoms with van der Waals surface area (Å²) in [6.45, 7) is 5.31. The lowest BCUT2D eigenvalue weighted by molar-refractivity contribution is -0.120. The number of anilines is 3. The molecule has 1 aromatic heterocycles. The third kappa shape index (κ3) is 5.28. The van der Waals surface area contributed by atoms with E-state index in [0.29, 0.717) is 17.2 Å². The van der Waals surface area contributed by atoms with Crippen LogP contribution < -0.4 is 31.6 Å². The quantitative estimate of drug-likeness (QED) is 0.515. The van der Waals surface area contributed by atoms with E-state index in [9.17, 15) is 14.0 Å². The number of carbonyl (C=O) groups excluding carboxylic acids is 2. The van der Waals surface area contributed by atoms with E-state index in [2.05, 4.69) is 15.6 Å². The summed E-state index contributed by atoms with van der Waals surface area (Å²) in [5, 5.41) is 5.64. The van der Waals surface area contributed by atoms with Crippen LogP contribution in [-0.4, -0.2) is 37.1 Å². The Kier molecular flexibility index (Phi) is 6.70. The van der Waals surface area contributed by atoms with Crippen LogP contribution in [0.15, 0.2) is 24.3 Å². The second kappa shape index (κ2) is 8.85. The maximum Gasteiger partial charge on any atom is 0.252 e. The molecule has 1 aromatic carbocycles. The zero-order chi connectivity index (χ0) is 22.6. The summed E-state index contributed by atoms with van der Waals surface area (Å²) in [5.41, 5.74) is 10.5. The van der Waals surface area contributed by atoms with Gasteiger partial charge in [0.2, 0.25) is 5.91 Å². The number of halogens is 1. The fourth-order valence-electron chi connectivity index (χ4n) is 2.74. The number of nitrogens with zero attached hydrogens (tertiary/aromatic N) is 1. The van der Waals surface area contributed by atoms with Crippen LogP contribution in [0.25, 0.3) is 0 Å². The largest absolute Gasteiger partial charge is 0.497 e. The van der Waals surface area contributed by atoms with Gasteiger partial charge in [-0.1, -0.05) is 20.8 Å². The van der Waals surface area contributed by atoms with Gasteiger partial charge in [-0.05, 0) is 11.5 Å². The summed E-state index contributed by atoms with van der Waals surface area (Å²) in [5.74, 6) is -1.70. The molecule has 6 N–H and O–H groups in total. The van der Waals surface area contributed by atoms with E-state index in [4.69, 9.17) is 20.9 Å². The van der Waals surface area contributed by atoms with Crippen molar-refractivity contribution in [1.82, 2.24) is 4.98 Å². The molecule has 0 saturated heterocycles. The second-order valence-electron chi connectivity index (χ2n) is 7.65. The molecule has 0 aliphatic rings. The molecule has 0 radical (unpaired) electrons. The Morgan fingerprint density at radius 3 is 2.03 bits per heavy atom. The Morgan fingerprint density at radius 2 is 1.60 bits per heavy atom. The van der Waals surface area contributed by atoms with Crippen molar-refractivity contribution in [3.63, 3.8) is 0 Å². The molecule has 0 spiro atoms. The van der Waals surface area contributed by atoms with Crippen LogP contribution in [0.4, 0.5) is 21.7 Å². The number of nitrogens with two attached hydrogens (primary N) is 2. The van der Waals surface area contributed by atoms with Crippen LogP contribution in [0.1, 0.15) is 31.1 Å². The molecule has 2 aromatic rings. The van der Waals surface area contributed by atoms with E-state index >= 15 is 0 Å². The van der Waals surface area contributed by atoms with Crippen molar-refractivity contribution in [3.05, 3.63) is 35.6 Å². The van der Waals surface area contributed by atoms with E-state index in [1.165, 1.54) is 14.2 Å². The van der Waals surface area contributed by atoms with Crippen molar-refractivity contribution in [1.29, 1.82) is 0 Å². The molecule has 2 amide bonds. The van der Waals surface area contributed by atoms with Crippen molar-refractivity contribution in [2.75, 3.05) is 24.9 Å². The van der Waals surface area contributed by atoms with Crippen molar-refractivity contribution in [2.45, 2.75) is 26.8 Å². The molecular formula is C20H26FN5O4. The average molecular weight is 419 g/mol. The van der Waals surface area contributed by atoms with Crippen LogP contribution in [-0.2, 0) is 4.79 Å². The van der Waals surface area contributed by atoms with Gasteiger partial charge in [0, 0.05) is 23.9 Å². The fraction of sp³-hybridized carbons (Fsp3) is 0.350. The average Bonchev–Trinajstić information content (AvgIpc) is 2.65. The molecule has 1 heterocycles. The molecule has 10 heteroatoms. The van der Waals surface area contributed by atoms with Crippen molar-refractivity contribution in [2.24, 2.45) is 16.9 Å². The zero-order valence-electron chi connectivity index (χ0n) is 17.5. The number of aromatic nitrogens is 1. The summed E-state index contributed by atoms with van der Waals surface area (Å²) in [6, 6.07) is 4.95. The van der Waals surface area contributed by atoms with Crippen LogP contribution in [0.3, 0.4) is 0 Å². The molecule has 0 fully saturated rings. The molecule has 2 rings (SSSR count). The Hall–Kier alpha value is -3.56. The van der Waals surface area contributed by atoms with Crippen LogP contribution >= 0.6 is 0 Å². The first-order valence-corrected chi connectivity index (χ1v) is 9.02. The lowest BCUT2D eigenvalue weighted by Gasteiger charge is -2.29. The number of carbonyl (C=O) groups is 2. The van der Waals surface area contributed by atoms with Gasteiger partial charge in [-0.3, -0.25) is 9.59 Å². The van der Waals surface area contributed by atoms with Gasteiger partial charge in [-0.2, -0.15) is 0 Å².